The van der Waals surface area contributed by atoms with Crippen molar-refractivity contribution in [1.82, 2.24) is 10.2 Å². The third-order valence-corrected chi connectivity index (χ3v) is 3.12. The zero-order valence-corrected chi connectivity index (χ0v) is 8.47. The van der Waals surface area contributed by atoms with Crippen LogP contribution in [0.1, 0.15) is 26.7 Å². The topological polar surface area (TPSA) is 32.3 Å². The Kier molecular flexibility index (Phi) is 2.06. The van der Waals surface area contributed by atoms with Gasteiger partial charge in [0.1, 0.15) is 0 Å². The second kappa shape index (κ2) is 2.98. The normalized spacial score (nSPS) is 32.9. The molecule has 0 radical (unpaired) electrons. The number of carbonyl (C=O) groups is 1. The Balaban J connectivity index is 1.93. The van der Waals surface area contributed by atoms with E-state index in [2.05, 4.69) is 5.32 Å². The van der Waals surface area contributed by atoms with Gasteiger partial charge in [-0.1, -0.05) is 0 Å². The number of hydrogen-bond donors (Lipinski definition) is 1. The van der Waals surface area contributed by atoms with Crippen LogP contribution in [0, 0.1) is 5.41 Å². The molecule has 2 saturated heterocycles. The van der Waals surface area contributed by atoms with Gasteiger partial charge in [-0.05, 0) is 33.2 Å². The van der Waals surface area contributed by atoms with E-state index in [0.717, 1.165) is 19.6 Å². The summed E-state index contributed by atoms with van der Waals surface area (Å²) in [6.45, 7) is 7.10. The minimum atomic E-state index is -0.0859. The second-order valence-electron chi connectivity index (χ2n) is 4.82. The number of piperidine rings is 1. The first kappa shape index (κ1) is 9.00. The zero-order chi connectivity index (χ0) is 9.47. The molecular formula is C10H18N2O. The molecule has 3 heteroatoms. The lowest BCUT2D eigenvalue weighted by molar-refractivity contribution is -0.161. The fourth-order valence-electron chi connectivity index (χ4n) is 2.26. The van der Waals surface area contributed by atoms with Crippen molar-refractivity contribution in [1.29, 1.82) is 0 Å². The minimum absolute atomic E-state index is 0.0859. The highest BCUT2D eigenvalue weighted by molar-refractivity contribution is 5.88. The van der Waals surface area contributed by atoms with Crippen molar-refractivity contribution in [2.24, 2.45) is 5.41 Å². The maximum atomic E-state index is 11.7. The van der Waals surface area contributed by atoms with Crippen molar-refractivity contribution in [3.63, 3.8) is 0 Å². The van der Waals surface area contributed by atoms with E-state index in [1.54, 1.807) is 0 Å². The first-order valence-corrected chi connectivity index (χ1v) is 5.13. The maximum absolute atomic E-state index is 11.7. The molecule has 2 aliphatic rings. The van der Waals surface area contributed by atoms with E-state index in [0.29, 0.717) is 11.9 Å². The first-order chi connectivity index (χ1) is 6.11. The summed E-state index contributed by atoms with van der Waals surface area (Å²) in [6.07, 6.45) is 2.38. The highest BCUT2D eigenvalue weighted by Gasteiger charge is 2.46. The average molecular weight is 182 g/mol. The standard InChI is InChI=1S/C10H18N2O/c1-10(2)7-12(9(10)13)8-4-3-5-11-6-8/h8,11H,3-7H2,1-2H3/t8-/m0/s1. The van der Waals surface area contributed by atoms with Crippen LogP contribution in [-0.4, -0.2) is 36.5 Å². The summed E-state index contributed by atoms with van der Waals surface area (Å²) in [5.74, 6) is 0.334. The van der Waals surface area contributed by atoms with Gasteiger partial charge in [-0.3, -0.25) is 4.79 Å². The van der Waals surface area contributed by atoms with Crippen molar-refractivity contribution in [3.05, 3.63) is 0 Å². The molecule has 2 fully saturated rings. The third-order valence-electron chi connectivity index (χ3n) is 3.12. The molecule has 1 amide bonds. The molecular weight excluding hydrogens is 164 g/mol. The van der Waals surface area contributed by atoms with E-state index in [1.807, 2.05) is 18.7 Å². The monoisotopic (exact) mass is 182 g/mol. The second-order valence-corrected chi connectivity index (χ2v) is 4.82. The highest BCUT2D eigenvalue weighted by Crippen LogP contribution is 2.33. The van der Waals surface area contributed by atoms with Crippen molar-refractivity contribution in [3.8, 4) is 0 Å². The highest BCUT2D eigenvalue weighted by atomic mass is 16.2. The van der Waals surface area contributed by atoms with Crippen LogP contribution in [0.15, 0.2) is 0 Å². The number of nitrogens with one attached hydrogen (secondary N) is 1. The van der Waals surface area contributed by atoms with Gasteiger partial charge in [-0.15, -0.1) is 0 Å². The fraction of sp³-hybridized carbons (Fsp3) is 0.900. The molecule has 2 rings (SSSR count). The smallest absolute Gasteiger partial charge is 0.230 e. The Bertz CT molecular complexity index is 219. The van der Waals surface area contributed by atoms with Gasteiger partial charge in [-0.2, -0.15) is 0 Å². The number of carbonyl (C=O) groups excluding carboxylic acids is 1. The first-order valence-electron chi connectivity index (χ1n) is 5.13. The summed E-state index contributed by atoms with van der Waals surface area (Å²) in [4.78, 5) is 13.7. The molecule has 0 unspecified atom stereocenters. The van der Waals surface area contributed by atoms with Crippen LogP contribution in [-0.2, 0) is 4.79 Å². The van der Waals surface area contributed by atoms with Crippen LogP contribution < -0.4 is 5.32 Å². The number of amides is 1. The molecule has 1 N–H and O–H groups in total. The summed E-state index contributed by atoms with van der Waals surface area (Å²) in [7, 11) is 0. The largest absolute Gasteiger partial charge is 0.337 e. The van der Waals surface area contributed by atoms with Crippen LogP contribution in [0.4, 0.5) is 0 Å². The van der Waals surface area contributed by atoms with E-state index in [4.69, 9.17) is 0 Å². The Morgan fingerprint density at radius 1 is 1.54 bits per heavy atom. The quantitative estimate of drug-likeness (QED) is 0.602. The van der Waals surface area contributed by atoms with Crippen molar-refractivity contribution in [2.45, 2.75) is 32.7 Å². The van der Waals surface area contributed by atoms with E-state index in [9.17, 15) is 4.79 Å². The lowest BCUT2D eigenvalue weighted by atomic mass is 9.81. The van der Waals surface area contributed by atoms with Crippen LogP contribution in [0.2, 0.25) is 0 Å². The van der Waals surface area contributed by atoms with Gasteiger partial charge in [0.2, 0.25) is 5.91 Å². The Labute approximate surface area is 79.5 Å². The average Bonchev–Trinajstić information content (AvgIpc) is 2.15. The summed E-state index contributed by atoms with van der Waals surface area (Å²) in [5.41, 5.74) is -0.0859. The molecule has 3 nitrogen and oxygen atoms in total. The maximum Gasteiger partial charge on any atom is 0.230 e. The molecule has 0 spiro atoms. The molecule has 1 atom stereocenters. The Morgan fingerprint density at radius 2 is 2.31 bits per heavy atom. The summed E-state index contributed by atoms with van der Waals surface area (Å²) >= 11 is 0. The van der Waals surface area contributed by atoms with Crippen molar-refractivity contribution in [2.75, 3.05) is 19.6 Å². The predicted molar refractivity (Wildman–Crippen MR) is 51.4 cm³/mol. The molecule has 0 bridgehead atoms. The van der Waals surface area contributed by atoms with Crippen LogP contribution in [0.3, 0.4) is 0 Å². The molecule has 0 aromatic carbocycles. The van der Waals surface area contributed by atoms with Gasteiger partial charge in [0.15, 0.2) is 0 Å². The van der Waals surface area contributed by atoms with Gasteiger partial charge < -0.3 is 10.2 Å². The molecule has 0 aromatic heterocycles. The molecule has 0 saturated carbocycles. The van der Waals surface area contributed by atoms with E-state index in [-0.39, 0.29) is 5.41 Å². The molecule has 2 heterocycles. The molecule has 74 valence electrons. The SMILES string of the molecule is CC1(C)CN([C@H]2CCCNC2)C1=O. The minimum Gasteiger partial charge on any atom is -0.337 e. The summed E-state index contributed by atoms with van der Waals surface area (Å²) < 4.78 is 0. The van der Waals surface area contributed by atoms with Gasteiger partial charge >= 0.3 is 0 Å². The zero-order valence-electron chi connectivity index (χ0n) is 8.47. The third kappa shape index (κ3) is 1.46. The van der Waals surface area contributed by atoms with Gasteiger partial charge in [-0.25, -0.2) is 0 Å². The lowest BCUT2D eigenvalue weighted by Crippen LogP contribution is -2.64. The Hall–Kier alpha value is -0.570. The van der Waals surface area contributed by atoms with E-state index in [1.165, 1.54) is 12.8 Å². The number of nitrogens with zero attached hydrogens (tertiary/aromatic N) is 1. The van der Waals surface area contributed by atoms with Crippen LogP contribution in [0.25, 0.3) is 0 Å². The fourth-order valence-corrected chi connectivity index (χ4v) is 2.26. The van der Waals surface area contributed by atoms with Crippen molar-refractivity contribution < 1.29 is 4.79 Å². The van der Waals surface area contributed by atoms with Crippen molar-refractivity contribution >= 4 is 5.91 Å². The predicted octanol–water partition coefficient (Wildman–Crippen LogP) is 0.607. The molecule has 13 heavy (non-hydrogen) atoms. The molecule has 0 aromatic rings. The summed E-state index contributed by atoms with van der Waals surface area (Å²) in [6, 6.07) is 0.467. The number of hydrogen-bond acceptors (Lipinski definition) is 2. The van der Waals surface area contributed by atoms with Crippen LogP contribution in [0.5, 0.6) is 0 Å². The number of β-lactam (4-membered cyclic amide) rings is 1. The summed E-state index contributed by atoms with van der Waals surface area (Å²) in [5, 5.41) is 3.34. The van der Waals surface area contributed by atoms with Crippen LogP contribution >= 0.6 is 0 Å². The van der Waals surface area contributed by atoms with Gasteiger partial charge in [0, 0.05) is 19.1 Å². The lowest BCUT2D eigenvalue weighted by Gasteiger charge is -2.49. The number of rotatable bonds is 1. The van der Waals surface area contributed by atoms with E-state index < -0.39 is 0 Å². The Morgan fingerprint density at radius 3 is 2.77 bits per heavy atom. The number of likely N-dealkylation sites (tertiary alicyclic amines) is 1. The van der Waals surface area contributed by atoms with E-state index >= 15 is 0 Å². The molecule has 0 aliphatic carbocycles. The van der Waals surface area contributed by atoms with Gasteiger partial charge in [0.05, 0.1) is 5.41 Å². The molecule has 2 aliphatic heterocycles. The van der Waals surface area contributed by atoms with Gasteiger partial charge in [0.25, 0.3) is 0 Å².